The molecule has 1 unspecified atom stereocenters. The van der Waals surface area contributed by atoms with Crippen LogP contribution < -0.4 is 11.1 Å². The van der Waals surface area contributed by atoms with Gasteiger partial charge in [-0.1, -0.05) is 0 Å². The van der Waals surface area contributed by atoms with Gasteiger partial charge in [-0.25, -0.2) is 4.98 Å². The zero-order valence-electron chi connectivity index (χ0n) is 8.60. The Balaban J connectivity index is 2.07. The van der Waals surface area contributed by atoms with Gasteiger partial charge >= 0.3 is 0 Å². The third-order valence-electron chi connectivity index (χ3n) is 2.59. The summed E-state index contributed by atoms with van der Waals surface area (Å²) in [6, 6.07) is 0.377. The number of amides is 1. The van der Waals surface area contributed by atoms with Crippen molar-refractivity contribution in [3.05, 3.63) is 18.1 Å². The van der Waals surface area contributed by atoms with E-state index in [4.69, 9.17) is 5.73 Å². The zero-order valence-corrected chi connectivity index (χ0v) is 8.60. The van der Waals surface area contributed by atoms with Gasteiger partial charge in [-0.2, -0.15) is 0 Å². The van der Waals surface area contributed by atoms with Crippen LogP contribution >= 0.6 is 0 Å². The fraction of sp³-hybridized carbons (Fsp3) is 0.500. The number of hydrogen-bond donors (Lipinski definition) is 2. The van der Waals surface area contributed by atoms with Crippen LogP contribution in [0.2, 0.25) is 0 Å². The predicted octanol–water partition coefficient (Wildman–Crippen LogP) is 0.786. The second kappa shape index (κ2) is 3.84. The van der Waals surface area contributed by atoms with Crippen LogP contribution in [0.3, 0.4) is 0 Å². The molecule has 1 heterocycles. The maximum atomic E-state index is 10.9. The number of rotatable bonds is 4. The Morgan fingerprint density at radius 3 is 2.93 bits per heavy atom. The fourth-order valence-corrected chi connectivity index (χ4v) is 1.50. The number of carbonyl (C=O) groups excluding carboxylic acids is 1. The highest BCUT2D eigenvalue weighted by molar-refractivity contribution is 5.90. The monoisotopic (exact) mass is 206 g/mol. The van der Waals surface area contributed by atoms with Crippen molar-refractivity contribution in [3.8, 4) is 0 Å². The topological polar surface area (TPSA) is 80.9 Å². The van der Waals surface area contributed by atoms with Gasteiger partial charge < -0.3 is 11.1 Å². The first-order chi connectivity index (χ1) is 7.16. The number of nitrogens with two attached hydrogens (primary N) is 1. The molecule has 15 heavy (non-hydrogen) atoms. The van der Waals surface area contributed by atoms with Crippen molar-refractivity contribution in [1.29, 1.82) is 0 Å². The van der Waals surface area contributed by atoms with Gasteiger partial charge in [0.1, 0.15) is 11.5 Å². The van der Waals surface area contributed by atoms with Crippen molar-refractivity contribution in [1.82, 2.24) is 9.97 Å². The molecule has 5 heteroatoms. The molecule has 1 amide bonds. The van der Waals surface area contributed by atoms with Crippen molar-refractivity contribution < 1.29 is 4.79 Å². The average molecular weight is 206 g/mol. The van der Waals surface area contributed by atoms with Crippen LogP contribution in [0.1, 0.15) is 30.3 Å². The molecule has 0 bridgehead atoms. The summed E-state index contributed by atoms with van der Waals surface area (Å²) in [5, 5.41) is 3.22. The molecular weight excluding hydrogens is 192 g/mol. The lowest BCUT2D eigenvalue weighted by Gasteiger charge is -2.12. The molecule has 1 aliphatic rings. The second-order valence-corrected chi connectivity index (χ2v) is 3.92. The molecule has 1 saturated carbocycles. The summed E-state index contributed by atoms with van der Waals surface area (Å²) in [6.45, 7) is 2.11. The van der Waals surface area contributed by atoms with Gasteiger partial charge in [0.15, 0.2) is 0 Å². The van der Waals surface area contributed by atoms with E-state index >= 15 is 0 Å². The van der Waals surface area contributed by atoms with E-state index in [0.717, 1.165) is 5.92 Å². The van der Waals surface area contributed by atoms with Crippen molar-refractivity contribution in [2.24, 2.45) is 11.7 Å². The van der Waals surface area contributed by atoms with Gasteiger partial charge in [-0.15, -0.1) is 0 Å². The summed E-state index contributed by atoms with van der Waals surface area (Å²) in [7, 11) is 0. The van der Waals surface area contributed by atoms with Crippen LogP contribution in [-0.2, 0) is 0 Å². The summed E-state index contributed by atoms with van der Waals surface area (Å²) < 4.78 is 0. The van der Waals surface area contributed by atoms with Gasteiger partial charge in [0, 0.05) is 6.04 Å². The standard InChI is InChI=1S/C10H14N4O/c1-6(7-2-3-7)13-9-5-12-4-8(14-9)10(11)15/h4-7H,2-3H2,1H3,(H2,11,15)(H,13,14). The molecule has 1 atom stereocenters. The van der Waals surface area contributed by atoms with E-state index in [1.165, 1.54) is 19.0 Å². The smallest absolute Gasteiger partial charge is 0.268 e. The molecule has 80 valence electrons. The van der Waals surface area contributed by atoms with Crippen LogP contribution in [-0.4, -0.2) is 21.9 Å². The van der Waals surface area contributed by atoms with E-state index in [2.05, 4.69) is 22.2 Å². The maximum absolute atomic E-state index is 10.9. The number of nitrogens with zero attached hydrogens (tertiary/aromatic N) is 2. The number of aromatic nitrogens is 2. The van der Waals surface area contributed by atoms with Gasteiger partial charge in [-0.3, -0.25) is 9.78 Å². The van der Waals surface area contributed by atoms with Crippen LogP contribution in [0, 0.1) is 5.92 Å². The Labute approximate surface area is 88.1 Å². The highest BCUT2D eigenvalue weighted by Gasteiger charge is 2.28. The third kappa shape index (κ3) is 2.43. The maximum Gasteiger partial charge on any atom is 0.268 e. The van der Waals surface area contributed by atoms with Gasteiger partial charge in [0.05, 0.1) is 12.4 Å². The van der Waals surface area contributed by atoms with Crippen LogP contribution in [0.5, 0.6) is 0 Å². The Kier molecular flexibility index (Phi) is 2.53. The predicted molar refractivity (Wildman–Crippen MR) is 56.4 cm³/mol. The van der Waals surface area contributed by atoms with E-state index in [9.17, 15) is 4.79 Å². The number of nitrogens with one attached hydrogen (secondary N) is 1. The normalized spacial score (nSPS) is 17.1. The summed E-state index contributed by atoms with van der Waals surface area (Å²) in [5.41, 5.74) is 5.31. The van der Waals surface area contributed by atoms with Gasteiger partial charge in [0.2, 0.25) is 0 Å². The molecule has 2 rings (SSSR count). The van der Waals surface area contributed by atoms with Crippen molar-refractivity contribution >= 4 is 11.7 Å². The Morgan fingerprint density at radius 1 is 1.60 bits per heavy atom. The van der Waals surface area contributed by atoms with Crippen LogP contribution in [0.25, 0.3) is 0 Å². The van der Waals surface area contributed by atoms with E-state index in [1.807, 2.05) is 0 Å². The zero-order chi connectivity index (χ0) is 10.8. The lowest BCUT2D eigenvalue weighted by atomic mass is 10.2. The molecule has 1 aromatic heterocycles. The van der Waals surface area contributed by atoms with Crippen molar-refractivity contribution in [2.45, 2.75) is 25.8 Å². The molecule has 1 fully saturated rings. The minimum atomic E-state index is -0.551. The molecule has 0 aromatic carbocycles. The minimum absolute atomic E-state index is 0.197. The van der Waals surface area contributed by atoms with Crippen molar-refractivity contribution in [2.75, 3.05) is 5.32 Å². The number of primary amides is 1. The molecule has 0 radical (unpaired) electrons. The minimum Gasteiger partial charge on any atom is -0.366 e. The summed E-state index contributed by atoms with van der Waals surface area (Å²) in [6.07, 6.45) is 5.49. The molecule has 1 aliphatic carbocycles. The SMILES string of the molecule is CC(Nc1cncc(C(N)=O)n1)C1CC1. The van der Waals surface area contributed by atoms with Crippen molar-refractivity contribution in [3.63, 3.8) is 0 Å². The first-order valence-electron chi connectivity index (χ1n) is 5.05. The van der Waals surface area contributed by atoms with Gasteiger partial charge in [0.25, 0.3) is 5.91 Å². The number of carbonyl (C=O) groups is 1. The number of anilines is 1. The Morgan fingerprint density at radius 2 is 2.33 bits per heavy atom. The van der Waals surface area contributed by atoms with E-state index < -0.39 is 5.91 Å². The number of hydrogen-bond acceptors (Lipinski definition) is 4. The van der Waals surface area contributed by atoms with E-state index in [0.29, 0.717) is 11.9 Å². The van der Waals surface area contributed by atoms with E-state index in [-0.39, 0.29) is 5.69 Å². The molecule has 1 aromatic rings. The largest absolute Gasteiger partial charge is 0.366 e. The molecular formula is C10H14N4O. The second-order valence-electron chi connectivity index (χ2n) is 3.92. The first-order valence-corrected chi connectivity index (χ1v) is 5.05. The highest BCUT2D eigenvalue weighted by atomic mass is 16.1. The quantitative estimate of drug-likeness (QED) is 0.763. The fourth-order valence-electron chi connectivity index (χ4n) is 1.50. The molecule has 0 spiro atoms. The summed E-state index contributed by atoms with van der Waals surface area (Å²) >= 11 is 0. The van der Waals surface area contributed by atoms with E-state index in [1.54, 1.807) is 6.20 Å². The summed E-state index contributed by atoms with van der Waals surface area (Å²) in [4.78, 5) is 18.9. The summed E-state index contributed by atoms with van der Waals surface area (Å²) in [5.74, 6) is 0.792. The Hall–Kier alpha value is -1.65. The third-order valence-corrected chi connectivity index (χ3v) is 2.59. The molecule has 3 N–H and O–H groups in total. The highest BCUT2D eigenvalue weighted by Crippen LogP contribution is 2.33. The average Bonchev–Trinajstić information content (AvgIpc) is 3.01. The molecule has 5 nitrogen and oxygen atoms in total. The van der Waals surface area contributed by atoms with Crippen LogP contribution in [0.15, 0.2) is 12.4 Å². The van der Waals surface area contributed by atoms with Crippen LogP contribution in [0.4, 0.5) is 5.82 Å². The van der Waals surface area contributed by atoms with Gasteiger partial charge in [-0.05, 0) is 25.7 Å². The lowest BCUT2D eigenvalue weighted by molar-refractivity contribution is 0.0995. The molecule has 0 saturated heterocycles. The first kappa shape index (κ1) is 9.89. The lowest BCUT2D eigenvalue weighted by Crippen LogP contribution is -2.20. The molecule has 0 aliphatic heterocycles. The Bertz CT molecular complexity index is 375.